The molecule has 0 radical (unpaired) electrons. The van der Waals surface area contributed by atoms with E-state index in [2.05, 4.69) is 0 Å². The molecular formula is C12H17NO2. The molecule has 2 N–H and O–H groups in total. The van der Waals surface area contributed by atoms with Crippen LogP contribution in [0, 0.1) is 0 Å². The van der Waals surface area contributed by atoms with Crippen molar-refractivity contribution in [1.29, 1.82) is 0 Å². The van der Waals surface area contributed by atoms with Gasteiger partial charge in [0.25, 0.3) is 0 Å². The Morgan fingerprint density at radius 1 is 1.40 bits per heavy atom. The molecule has 0 fully saturated rings. The van der Waals surface area contributed by atoms with Crippen molar-refractivity contribution in [3.63, 3.8) is 0 Å². The standard InChI is InChI=1S/C12H17NO2/c1-4-9-6-10(15-5-2)7-11(8(3)14)12(9)13/h6-7H,4-5,13H2,1-3H3. The highest BCUT2D eigenvalue weighted by molar-refractivity contribution is 6.00. The number of hydrogen-bond donors (Lipinski definition) is 1. The highest BCUT2D eigenvalue weighted by Gasteiger charge is 2.10. The third-order valence-electron chi connectivity index (χ3n) is 2.31. The van der Waals surface area contributed by atoms with Gasteiger partial charge in [0.1, 0.15) is 5.75 Å². The minimum Gasteiger partial charge on any atom is -0.494 e. The molecule has 0 aliphatic rings. The first kappa shape index (κ1) is 11.6. The van der Waals surface area contributed by atoms with Gasteiger partial charge in [-0.1, -0.05) is 6.92 Å². The van der Waals surface area contributed by atoms with Crippen LogP contribution in [0.1, 0.15) is 36.7 Å². The first-order chi connectivity index (χ1) is 7.10. The molecule has 0 heterocycles. The van der Waals surface area contributed by atoms with Gasteiger partial charge in [-0.3, -0.25) is 4.79 Å². The zero-order valence-electron chi connectivity index (χ0n) is 9.46. The summed E-state index contributed by atoms with van der Waals surface area (Å²) in [6.07, 6.45) is 0.799. The summed E-state index contributed by atoms with van der Waals surface area (Å²) in [5.74, 6) is 0.692. The van der Waals surface area contributed by atoms with E-state index in [1.165, 1.54) is 6.92 Å². The average Bonchev–Trinajstić information content (AvgIpc) is 2.20. The Morgan fingerprint density at radius 2 is 2.07 bits per heavy atom. The second-order valence-electron chi connectivity index (χ2n) is 3.39. The third-order valence-corrected chi connectivity index (χ3v) is 2.31. The van der Waals surface area contributed by atoms with E-state index >= 15 is 0 Å². The quantitative estimate of drug-likeness (QED) is 0.609. The number of anilines is 1. The van der Waals surface area contributed by atoms with Gasteiger partial charge in [-0.15, -0.1) is 0 Å². The van der Waals surface area contributed by atoms with Gasteiger partial charge in [0, 0.05) is 11.3 Å². The van der Waals surface area contributed by atoms with E-state index < -0.39 is 0 Å². The number of carbonyl (C=O) groups excluding carboxylic acids is 1. The lowest BCUT2D eigenvalue weighted by Crippen LogP contribution is -2.05. The Morgan fingerprint density at radius 3 is 2.53 bits per heavy atom. The van der Waals surface area contributed by atoms with Crippen molar-refractivity contribution in [3.05, 3.63) is 23.3 Å². The molecule has 0 unspecified atom stereocenters. The molecule has 0 bridgehead atoms. The summed E-state index contributed by atoms with van der Waals surface area (Å²) in [6.45, 7) is 6.02. The van der Waals surface area contributed by atoms with Crippen molar-refractivity contribution in [3.8, 4) is 5.75 Å². The van der Waals surface area contributed by atoms with Crippen LogP contribution < -0.4 is 10.5 Å². The van der Waals surface area contributed by atoms with Gasteiger partial charge in [-0.25, -0.2) is 0 Å². The Kier molecular flexibility index (Phi) is 3.72. The largest absolute Gasteiger partial charge is 0.494 e. The molecule has 1 aromatic rings. The van der Waals surface area contributed by atoms with E-state index in [9.17, 15) is 4.79 Å². The van der Waals surface area contributed by atoms with Crippen molar-refractivity contribution in [2.24, 2.45) is 0 Å². The number of rotatable bonds is 4. The van der Waals surface area contributed by atoms with Crippen LogP contribution in [-0.4, -0.2) is 12.4 Å². The fourth-order valence-electron chi connectivity index (χ4n) is 1.52. The molecule has 0 aromatic heterocycles. The molecule has 0 aliphatic heterocycles. The highest BCUT2D eigenvalue weighted by Crippen LogP contribution is 2.25. The predicted molar refractivity (Wildman–Crippen MR) is 61.4 cm³/mol. The monoisotopic (exact) mass is 207 g/mol. The van der Waals surface area contributed by atoms with Crippen LogP contribution >= 0.6 is 0 Å². The highest BCUT2D eigenvalue weighted by atomic mass is 16.5. The molecular weight excluding hydrogens is 190 g/mol. The normalized spacial score (nSPS) is 10.1. The van der Waals surface area contributed by atoms with E-state index in [0.717, 1.165) is 12.0 Å². The number of ketones is 1. The Hall–Kier alpha value is -1.51. The summed E-state index contributed by atoms with van der Waals surface area (Å²) in [7, 11) is 0. The zero-order valence-corrected chi connectivity index (χ0v) is 9.46. The average molecular weight is 207 g/mol. The summed E-state index contributed by atoms with van der Waals surface area (Å²) in [5, 5.41) is 0. The minimum atomic E-state index is -0.0243. The summed E-state index contributed by atoms with van der Waals surface area (Å²) in [4.78, 5) is 11.4. The Labute approximate surface area is 90.2 Å². The summed E-state index contributed by atoms with van der Waals surface area (Å²) < 4.78 is 5.39. The first-order valence-corrected chi connectivity index (χ1v) is 5.16. The minimum absolute atomic E-state index is 0.0243. The molecule has 82 valence electrons. The summed E-state index contributed by atoms with van der Waals surface area (Å²) >= 11 is 0. The van der Waals surface area contributed by atoms with E-state index in [1.807, 2.05) is 19.9 Å². The van der Waals surface area contributed by atoms with Crippen molar-refractivity contribution >= 4 is 11.5 Å². The summed E-state index contributed by atoms with van der Waals surface area (Å²) in [5.41, 5.74) is 7.98. The van der Waals surface area contributed by atoms with Crippen LogP contribution in [0.25, 0.3) is 0 Å². The number of carbonyl (C=O) groups is 1. The number of Topliss-reactive ketones (excluding diaryl/α,β-unsaturated/α-hetero) is 1. The molecule has 0 aliphatic carbocycles. The second-order valence-corrected chi connectivity index (χ2v) is 3.39. The SMILES string of the molecule is CCOc1cc(CC)c(N)c(C(C)=O)c1. The Balaban J connectivity index is 3.25. The lowest BCUT2D eigenvalue weighted by atomic mass is 10.0. The van der Waals surface area contributed by atoms with E-state index in [4.69, 9.17) is 10.5 Å². The number of benzene rings is 1. The lowest BCUT2D eigenvalue weighted by molar-refractivity contribution is 0.101. The molecule has 15 heavy (non-hydrogen) atoms. The first-order valence-electron chi connectivity index (χ1n) is 5.16. The summed E-state index contributed by atoms with van der Waals surface area (Å²) in [6, 6.07) is 3.60. The van der Waals surface area contributed by atoms with Crippen molar-refractivity contribution in [2.75, 3.05) is 12.3 Å². The molecule has 0 spiro atoms. The molecule has 0 amide bonds. The van der Waals surface area contributed by atoms with Crippen LogP contribution in [-0.2, 0) is 6.42 Å². The molecule has 3 heteroatoms. The number of nitrogen functional groups attached to an aromatic ring is 1. The molecule has 1 rings (SSSR count). The van der Waals surface area contributed by atoms with Gasteiger partial charge >= 0.3 is 0 Å². The Bertz CT molecular complexity index is 372. The van der Waals surface area contributed by atoms with E-state index in [0.29, 0.717) is 23.6 Å². The molecule has 0 atom stereocenters. The van der Waals surface area contributed by atoms with Gasteiger partial charge in [0.2, 0.25) is 0 Å². The molecule has 3 nitrogen and oxygen atoms in total. The van der Waals surface area contributed by atoms with Gasteiger partial charge in [-0.05, 0) is 38.0 Å². The maximum Gasteiger partial charge on any atom is 0.162 e. The van der Waals surface area contributed by atoms with Crippen LogP contribution in [0.15, 0.2) is 12.1 Å². The maximum atomic E-state index is 11.4. The third kappa shape index (κ3) is 2.49. The number of aryl methyl sites for hydroxylation is 1. The second kappa shape index (κ2) is 4.82. The number of hydrogen-bond acceptors (Lipinski definition) is 3. The van der Waals surface area contributed by atoms with Crippen molar-refractivity contribution in [2.45, 2.75) is 27.2 Å². The topological polar surface area (TPSA) is 52.3 Å². The zero-order chi connectivity index (χ0) is 11.4. The van der Waals surface area contributed by atoms with Crippen molar-refractivity contribution < 1.29 is 9.53 Å². The molecule has 0 saturated heterocycles. The number of nitrogens with two attached hydrogens (primary N) is 1. The van der Waals surface area contributed by atoms with Crippen LogP contribution in [0.4, 0.5) is 5.69 Å². The molecule has 1 aromatic carbocycles. The predicted octanol–water partition coefficient (Wildman–Crippen LogP) is 2.43. The van der Waals surface area contributed by atoms with Crippen LogP contribution in [0.5, 0.6) is 5.75 Å². The maximum absolute atomic E-state index is 11.4. The van der Waals surface area contributed by atoms with Crippen molar-refractivity contribution in [1.82, 2.24) is 0 Å². The fourth-order valence-corrected chi connectivity index (χ4v) is 1.52. The van der Waals surface area contributed by atoms with Crippen LogP contribution in [0.3, 0.4) is 0 Å². The molecule has 0 saturated carbocycles. The fraction of sp³-hybridized carbons (Fsp3) is 0.417. The van der Waals surface area contributed by atoms with E-state index in [1.54, 1.807) is 6.07 Å². The van der Waals surface area contributed by atoms with Gasteiger partial charge in [0.05, 0.1) is 6.61 Å². The van der Waals surface area contributed by atoms with Gasteiger partial charge in [0.15, 0.2) is 5.78 Å². The van der Waals surface area contributed by atoms with Gasteiger partial charge in [-0.2, -0.15) is 0 Å². The smallest absolute Gasteiger partial charge is 0.162 e. The van der Waals surface area contributed by atoms with Crippen LogP contribution in [0.2, 0.25) is 0 Å². The van der Waals surface area contributed by atoms with E-state index in [-0.39, 0.29) is 5.78 Å². The van der Waals surface area contributed by atoms with Gasteiger partial charge < -0.3 is 10.5 Å². The number of ether oxygens (including phenoxy) is 1. The lowest BCUT2D eigenvalue weighted by Gasteiger charge is -2.11.